The van der Waals surface area contributed by atoms with Crippen LogP contribution in [0.2, 0.25) is 0 Å². The lowest BCUT2D eigenvalue weighted by Gasteiger charge is -2.12. The Morgan fingerprint density at radius 3 is 2.85 bits per heavy atom. The van der Waals surface area contributed by atoms with Crippen molar-refractivity contribution in [2.75, 3.05) is 25.1 Å². The highest BCUT2D eigenvalue weighted by Crippen LogP contribution is 2.20. The molecule has 0 saturated heterocycles. The van der Waals surface area contributed by atoms with Gasteiger partial charge in [-0.15, -0.1) is 0 Å². The molecule has 6 heteroatoms. The Hall–Kier alpha value is -1.95. The molecule has 4 nitrogen and oxygen atoms in total. The number of pyridine rings is 1. The predicted molar refractivity (Wildman–Crippen MR) is 74.5 cm³/mol. The Bertz CT molecular complexity index is 641. The maximum absolute atomic E-state index is 11.9. The van der Waals surface area contributed by atoms with Crippen LogP contribution < -0.4 is 10.9 Å². The van der Waals surface area contributed by atoms with E-state index in [2.05, 4.69) is 5.32 Å². The average Bonchev–Trinajstić information content (AvgIpc) is 2.43. The first-order valence-electron chi connectivity index (χ1n) is 6.28. The van der Waals surface area contributed by atoms with Gasteiger partial charge in [0.1, 0.15) is 6.61 Å². The minimum absolute atomic E-state index is 0.125. The van der Waals surface area contributed by atoms with E-state index >= 15 is 0 Å². The molecule has 1 N–H and O–H groups in total. The topological polar surface area (TPSA) is 43.3 Å². The van der Waals surface area contributed by atoms with E-state index in [1.807, 2.05) is 24.3 Å². The second-order valence-corrected chi connectivity index (χ2v) is 4.37. The van der Waals surface area contributed by atoms with Crippen molar-refractivity contribution in [2.45, 2.75) is 6.43 Å². The lowest BCUT2D eigenvalue weighted by molar-refractivity contribution is 0.0215. The predicted octanol–water partition coefficient (Wildman–Crippen LogP) is 2.23. The van der Waals surface area contributed by atoms with Crippen LogP contribution in [0.4, 0.5) is 14.5 Å². The van der Waals surface area contributed by atoms with Gasteiger partial charge in [0, 0.05) is 30.7 Å². The van der Waals surface area contributed by atoms with Gasteiger partial charge in [0.05, 0.1) is 12.1 Å². The molecular formula is C14H16F2N2O2. The highest BCUT2D eigenvalue weighted by Gasteiger charge is 2.06. The fourth-order valence-corrected chi connectivity index (χ4v) is 1.99. The van der Waals surface area contributed by atoms with Crippen LogP contribution in [-0.4, -0.2) is 30.8 Å². The van der Waals surface area contributed by atoms with E-state index in [-0.39, 0.29) is 12.2 Å². The van der Waals surface area contributed by atoms with Crippen molar-refractivity contribution in [1.82, 2.24) is 4.57 Å². The van der Waals surface area contributed by atoms with E-state index < -0.39 is 13.0 Å². The van der Waals surface area contributed by atoms with Crippen LogP contribution in [-0.2, 0) is 11.8 Å². The smallest absolute Gasteiger partial charge is 0.261 e. The molecule has 0 spiro atoms. The molecule has 0 bridgehead atoms. The van der Waals surface area contributed by atoms with Crippen LogP contribution in [0.15, 0.2) is 35.1 Å². The highest BCUT2D eigenvalue weighted by molar-refractivity contribution is 5.91. The minimum atomic E-state index is -2.46. The van der Waals surface area contributed by atoms with Crippen molar-refractivity contribution in [3.05, 3.63) is 40.7 Å². The van der Waals surface area contributed by atoms with Crippen LogP contribution in [0.1, 0.15) is 0 Å². The number of hydrogen-bond donors (Lipinski definition) is 1. The zero-order chi connectivity index (χ0) is 14.5. The maximum Gasteiger partial charge on any atom is 0.261 e. The molecule has 1 heterocycles. The fraction of sp³-hybridized carbons (Fsp3) is 0.357. The van der Waals surface area contributed by atoms with E-state index in [1.165, 1.54) is 6.07 Å². The summed E-state index contributed by atoms with van der Waals surface area (Å²) in [5, 5.41) is 3.95. The third-order valence-electron chi connectivity index (χ3n) is 2.96. The second-order valence-electron chi connectivity index (χ2n) is 4.37. The normalized spacial score (nSPS) is 11.2. The molecule has 108 valence electrons. The van der Waals surface area contributed by atoms with Crippen molar-refractivity contribution in [3.8, 4) is 0 Å². The van der Waals surface area contributed by atoms with Crippen molar-refractivity contribution in [2.24, 2.45) is 7.05 Å². The third kappa shape index (κ3) is 3.33. The van der Waals surface area contributed by atoms with Gasteiger partial charge in [0.15, 0.2) is 0 Å². The number of ether oxygens (including phenoxy) is 1. The Balaban J connectivity index is 2.10. The Kier molecular flexibility index (Phi) is 4.68. The van der Waals surface area contributed by atoms with Crippen molar-refractivity contribution < 1.29 is 13.5 Å². The lowest BCUT2D eigenvalue weighted by Crippen LogP contribution is -2.19. The first-order chi connectivity index (χ1) is 9.59. The molecule has 20 heavy (non-hydrogen) atoms. The minimum Gasteiger partial charge on any atom is -0.382 e. The highest BCUT2D eigenvalue weighted by atomic mass is 19.3. The van der Waals surface area contributed by atoms with Crippen molar-refractivity contribution in [1.29, 1.82) is 0 Å². The van der Waals surface area contributed by atoms with Gasteiger partial charge >= 0.3 is 0 Å². The summed E-state index contributed by atoms with van der Waals surface area (Å²) in [4.78, 5) is 11.8. The number of nitrogens with zero attached hydrogens (tertiary/aromatic N) is 1. The number of fused-ring (bicyclic) bond motifs is 1. The summed E-state index contributed by atoms with van der Waals surface area (Å²) < 4.78 is 30.2. The fourth-order valence-electron chi connectivity index (χ4n) is 1.99. The van der Waals surface area contributed by atoms with E-state index in [0.717, 1.165) is 10.9 Å². The number of aromatic nitrogens is 1. The maximum atomic E-state index is 11.9. The number of nitrogens with one attached hydrogen (secondary N) is 1. The summed E-state index contributed by atoms with van der Waals surface area (Å²) in [5.74, 6) is 0. The third-order valence-corrected chi connectivity index (χ3v) is 2.96. The van der Waals surface area contributed by atoms with Crippen LogP contribution in [0.5, 0.6) is 0 Å². The largest absolute Gasteiger partial charge is 0.382 e. The molecule has 0 unspecified atom stereocenters. The molecule has 2 aromatic rings. The Labute approximate surface area is 115 Å². The van der Waals surface area contributed by atoms with Gasteiger partial charge in [0.2, 0.25) is 0 Å². The van der Waals surface area contributed by atoms with Crippen molar-refractivity contribution in [3.63, 3.8) is 0 Å². The SMILES string of the molecule is Cn1c(=O)cc(NCCOCC(F)F)c2ccccc21. The Morgan fingerprint density at radius 1 is 1.35 bits per heavy atom. The summed E-state index contributed by atoms with van der Waals surface area (Å²) in [5.41, 5.74) is 1.38. The van der Waals surface area contributed by atoms with Gasteiger partial charge in [0.25, 0.3) is 12.0 Å². The summed E-state index contributed by atoms with van der Waals surface area (Å²) in [7, 11) is 1.71. The molecule has 2 rings (SSSR count). The summed E-state index contributed by atoms with van der Waals surface area (Å²) in [6.45, 7) is -0.0449. The zero-order valence-electron chi connectivity index (χ0n) is 11.1. The van der Waals surface area contributed by atoms with E-state index in [0.29, 0.717) is 12.2 Å². The quantitative estimate of drug-likeness (QED) is 0.826. The average molecular weight is 282 g/mol. The molecule has 0 amide bonds. The van der Waals surface area contributed by atoms with E-state index in [4.69, 9.17) is 4.74 Å². The van der Waals surface area contributed by atoms with E-state index in [1.54, 1.807) is 11.6 Å². The standard InChI is InChI=1S/C14H16F2N2O2/c1-18-12-5-3-2-4-10(12)11(8-14(18)19)17-6-7-20-9-13(15)16/h2-5,8,13,17H,6-7,9H2,1H3. The van der Waals surface area contributed by atoms with Gasteiger partial charge in [-0.1, -0.05) is 18.2 Å². The first-order valence-corrected chi connectivity index (χ1v) is 6.28. The molecule has 0 radical (unpaired) electrons. The molecule has 1 aromatic heterocycles. The Morgan fingerprint density at radius 2 is 2.10 bits per heavy atom. The lowest BCUT2D eigenvalue weighted by atomic mass is 10.2. The number of alkyl halides is 2. The summed E-state index contributed by atoms with van der Waals surface area (Å²) in [6, 6.07) is 8.99. The second kappa shape index (κ2) is 6.47. The monoisotopic (exact) mass is 282 g/mol. The van der Waals surface area contributed by atoms with Crippen LogP contribution >= 0.6 is 0 Å². The van der Waals surface area contributed by atoms with Crippen LogP contribution in [0.25, 0.3) is 10.9 Å². The molecule has 0 saturated carbocycles. The molecular weight excluding hydrogens is 266 g/mol. The number of anilines is 1. The number of hydrogen-bond acceptors (Lipinski definition) is 3. The van der Waals surface area contributed by atoms with Crippen LogP contribution in [0.3, 0.4) is 0 Å². The summed E-state index contributed by atoms with van der Waals surface area (Å²) >= 11 is 0. The molecule has 0 aliphatic rings. The first kappa shape index (κ1) is 14.5. The van der Waals surface area contributed by atoms with Gasteiger partial charge in [-0.25, -0.2) is 8.78 Å². The number of halogens is 2. The number of aryl methyl sites for hydroxylation is 1. The van der Waals surface area contributed by atoms with Crippen LogP contribution in [0, 0.1) is 0 Å². The van der Waals surface area contributed by atoms with Gasteiger partial charge in [-0.2, -0.15) is 0 Å². The van der Waals surface area contributed by atoms with Gasteiger partial charge in [-0.3, -0.25) is 4.79 Å². The molecule has 0 aliphatic heterocycles. The number of para-hydroxylation sites is 1. The summed E-state index contributed by atoms with van der Waals surface area (Å²) in [6.07, 6.45) is -2.46. The number of benzene rings is 1. The number of rotatable bonds is 6. The molecule has 0 atom stereocenters. The molecule has 1 aromatic carbocycles. The van der Waals surface area contributed by atoms with Gasteiger partial charge in [-0.05, 0) is 6.07 Å². The van der Waals surface area contributed by atoms with E-state index in [9.17, 15) is 13.6 Å². The van der Waals surface area contributed by atoms with Gasteiger partial charge < -0.3 is 14.6 Å². The molecule has 0 fully saturated rings. The molecule has 0 aliphatic carbocycles. The zero-order valence-corrected chi connectivity index (χ0v) is 11.1. The van der Waals surface area contributed by atoms with Crippen molar-refractivity contribution >= 4 is 16.6 Å².